The average Bonchev–Trinajstić information content (AvgIpc) is 2.47. The van der Waals surface area contributed by atoms with Gasteiger partial charge in [0.1, 0.15) is 10.8 Å². The van der Waals surface area contributed by atoms with Crippen LogP contribution in [0.5, 0.6) is 11.5 Å². The van der Waals surface area contributed by atoms with Crippen LogP contribution in [0, 0.1) is 0 Å². The maximum atomic E-state index is 12.0. The van der Waals surface area contributed by atoms with Crippen molar-refractivity contribution in [2.24, 2.45) is 0 Å². The van der Waals surface area contributed by atoms with Gasteiger partial charge in [0.05, 0.1) is 26.6 Å². The van der Waals surface area contributed by atoms with Crippen LogP contribution in [0.25, 0.3) is 0 Å². The molecule has 104 valence electrons. The number of benzene rings is 1. The smallest absolute Gasteiger partial charge is 0.275 e. The van der Waals surface area contributed by atoms with Crippen molar-refractivity contribution in [3.63, 3.8) is 0 Å². The summed E-state index contributed by atoms with van der Waals surface area (Å²) < 4.78 is 10.3. The van der Waals surface area contributed by atoms with Gasteiger partial charge in [0.2, 0.25) is 0 Å². The number of hydrogen-bond acceptors (Lipinski definition) is 5. The number of aromatic nitrogens is 2. The summed E-state index contributed by atoms with van der Waals surface area (Å²) in [7, 11) is 3.06. The number of hydrogen-bond donors (Lipinski definition) is 1. The van der Waals surface area contributed by atoms with Crippen molar-refractivity contribution in [1.29, 1.82) is 0 Å². The van der Waals surface area contributed by atoms with E-state index in [1.165, 1.54) is 26.6 Å². The van der Waals surface area contributed by atoms with Crippen LogP contribution in [0.4, 0.5) is 5.69 Å². The van der Waals surface area contributed by atoms with Crippen molar-refractivity contribution < 1.29 is 14.3 Å². The number of rotatable bonds is 4. The Bertz CT molecular complexity index is 634. The standard InChI is InChI=1S/C13H12ClN3O3/c1-19-10-4-3-8(5-11(10)20-2)16-13(18)9-6-15-7-12(14)17-9/h3-7H,1-2H3,(H,16,18). The van der Waals surface area contributed by atoms with E-state index in [4.69, 9.17) is 21.1 Å². The second-order valence-corrected chi connectivity index (χ2v) is 4.14. The van der Waals surface area contributed by atoms with Crippen LogP contribution in [-0.4, -0.2) is 30.1 Å². The van der Waals surface area contributed by atoms with Gasteiger partial charge in [-0.1, -0.05) is 11.6 Å². The molecule has 1 amide bonds. The third-order valence-electron chi connectivity index (χ3n) is 2.48. The van der Waals surface area contributed by atoms with Gasteiger partial charge in [-0.2, -0.15) is 0 Å². The first-order valence-corrected chi connectivity index (χ1v) is 6.02. The van der Waals surface area contributed by atoms with Crippen molar-refractivity contribution in [3.8, 4) is 11.5 Å². The minimum atomic E-state index is -0.410. The number of carbonyl (C=O) groups excluding carboxylic acids is 1. The lowest BCUT2D eigenvalue weighted by Crippen LogP contribution is -2.14. The molecule has 1 aromatic carbocycles. The maximum Gasteiger partial charge on any atom is 0.275 e. The molecule has 1 N–H and O–H groups in total. The molecule has 7 heteroatoms. The van der Waals surface area contributed by atoms with Crippen LogP contribution in [0.1, 0.15) is 10.5 Å². The zero-order valence-electron chi connectivity index (χ0n) is 10.9. The normalized spacial score (nSPS) is 9.95. The Labute approximate surface area is 120 Å². The van der Waals surface area contributed by atoms with Gasteiger partial charge in [0.15, 0.2) is 11.5 Å². The predicted molar refractivity (Wildman–Crippen MR) is 74.5 cm³/mol. The molecule has 20 heavy (non-hydrogen) atoms. The minimum absolute atomic E-state index is 0.132. The Kier molecular flexibility index (Phi) is 4.37. The van der Waals surface area contributed by atoms with E-state index in [1.54, 1.807) is 18.2 Å². The van der Waals surface area contributed by atoms with Gasteiger partial charge in [-0.3, -0.25) is 9.78 Å². The first-order chi connectivity index (χ1) is 9.63. The number of methoxy groups -OCH3 is 2. The highest BCUT2D eigenvalue weighted by Crippen LogP contribution is 2.29. The molecule has 1 heterocycles. The van der Waals surface area contributed by atoms with Gasteiger partial charge in [0, 0.05) is 11.8 Å². The Morgan fingerprint density at radius 2 is 1.95 bits per heavy atom. The molecule has 0 bridgehead atoms. The molecule has 0 unspecified atom stereocenters. The quantitative estimate of drug-likeness (QED) is 0.937. The zero-order chi connectivity index (χ0) is 14.5. The number of amides is 1. The van der Waals surface area contributed by atoms with Gasteiger partial charge < -0.3 is 14.8 Å². The Balaban J connectivity index is 2.19. The Hall–Kier alpha value is -2.34. The van der Waals surface area contributed by atoms with Crippen LogP contribution in [0.2, 0.25) is 5.15 Å². The fourth-order valence-corrected chi connectivity index (χ4v) is 1.71. The van der Waals surface area contributed by atoms with Crippen LogP contribution in [0.15, 0.2) is 30.6 Å². The molecule has 0 radical (unpaired) electrons. The molecule has 2 rings (SSSR count). The minimum Gasteiger partial charge on any atom is -0.493 e. The van der Waals surface area contributed by atoms with E-state index in [9.17, 15) is 4.79 Å². The fourth-order valence-electron chi connectivity index (χ4n) is 1.56. The van der Waals surface area contributed by atoms with Crippen LogP contribution < -0.4 is 14.8 Å². The van der Waals surface area contributed by atoms with Gasteiger partial charge >= 0.3 is 0 Å². The van der Waals surface area contributed by atoms with E-state index in [1.807, 2.05) is 0 Å². The second kappa shape index (κ2) is 6.21. The summed E-state index contributed by atoms with van der Waals surface area (Å²) in [5.74, 6) is 0.683. The van der Waals surface area contributed by atoms with Crippen LogP contribution >= 0.6 is 11.6 Å². The topological polar surface area (TPSA) is 73.3 Å². The molecular weight excluding hydrogens is 282 g/mol. The van der Waals surface area contributed by atoms with Gasteiger partial charge in [-0.15, -0.1) is 0 Å². The van der Waals surface area contributed by atoms with Crippen molar-refractivity contribution in [2.75, 3.05) is 19.5 Å². The summed E-state index contributed by atoms with van der Waals surface area (Å²) >= 11 is 5.69. The van der Waals surface area contributed by atoms with Crippen molar-refractivity contribution in [2.45, 2.75) is 0 Å². The van der Waals surface area contributed by atoms with Crippen LogP contribution in [-0.2, 0) is 0 Å². The van der Waals surface area contributed by atoms with E-state index in [0.29, 0.717) is 17.2 Å². The van der Waals surface area contributed by atoms with E-state index in [0.717, 1.165) is 0 Å². The third kappa shape index (κ3) is 3.16. The molecule has 0 fully saturated rings. The van der Waals surface area contributed by atoms with E-state index in [-0.39, 0.29) is 10.8 Å². The summed E-state index contributed by atoms with van der Waals surface area (Å²) in [5.41, 5.74) is 0.682. The molecule has 0 aliphatic rings. The highest BCUT2D eigenvalue weighted by atomic mass is 35.5. The highest BCUT2D eigenvalue weighted by molar-refractivity contribution is 6.29. The molecule has 0 aliphatic carbocycles. The zero-order valence-corrected chi connectivity index (χ0v) is 11.6. The maximum absolute atomic E-state index is 12.0. The SMILES string of the molecule is COc1ccc(NC(=O)c2cncc(Cl)n2)cc1OC. The molecule has 1 aromatic heterocycles. The number of anilines is 1. The Morgan fingerprint density at radius 1 is 1.20 bits per heavy atom. The molecule has 2 aromatic rings. The monoisotopic (exact) mass is 293 g/mol. The van der Waals surface area contributed by atoms with E-state index < -0.39 is 5.91 Å². The summed E-state index contributed by atoms with van der Waals surface area (Å²) in [6, 6.07) is 5.03. The third-order valence-corrected chi connectivity index (χ3v) is 2.66. The number of nitrogens with one attached hydrogen (secondary N) is 1. The van der Waals surface area contributed by atoms with E-state index >= 15 is 0 Å². The lowest BCUT2D eigenvalue weighted by molar-refractivity contribution is 0.102. The lowest BCUT2D eigenvalue weighted by atomic mass is 10.2. The molecule has 0 aliphatic heterocycles. The van der Waals surface area contributed by atoms with Crippen molar-refractivity contribution in [1.82, 2.24) is 9.97 Å². The highest BCUT2D eigenvalue weighted by Gasteiger charge is 2.11. The van der Waals surface area contributed by atoms with Gasteiger partial charge in [0.25, 0.3) is 5.91 Å². The summed E-state index contributed by atoms with van der Waals surface area (Å²) in [5, 5.41) is 2.83. The molecule has 0 spiro atoms. The van der Waals surface area contributed by atoms with E-state index in [2.05, 4.69) is 15.3 Å². The molecule has 0 saturated heterocycles. The van der Waals surface area contributed by atoms with Crippen molar-refractivity contribution in [3.05, 3.63) is 41.4 Å². The molecule has 0 atom stereocenters. The summed E-state index contributed by atoms with van der Waals surface area (Å²) in [6.07, 6.45) is 2.69. The largest absolute Gasteiger partial charge is 0.493 e. The summed E-state index contributed by atoms with van der Waals surface area (Å²) in [4.78, 5) is 19.7. The first-order valence-electron chi connectivity index (χ1n) is 5.65. The lowest BCUT2D eigenvalue weighted by Gasteiger charge is -2.10. The van der Waals surface area contributed by atoms with Gasteiger partial charge in [-0.25, -0.2) is 4.98 Å². The van der Waals surface area contributed by atoms with Crippen molar-refractivity contribution >= 4 is 23.2 Å². The summed E-state index contributed by atoms with van der Waals surface area (Å²) in [6.45, 7) is 0. The fraction of sp³-hybridized carbons (Fsp3) is 0.154. The number of halogens is 1. The molecular formula is C13H12ClN3O3. The molecule has 6 nitrogen and oxygen atoms in total. The number of ether oxygens (including phenoxy) is 2. The van der Waals surface area contributed by atoms with Gasteiger partial charge in [-0.05, 0) is 12.1 Å². The first kappa shape index (κ1) is 14.1. The predicted octanol–water partition coefficient (Wildman–Crippen LogP) is 2.40. The average molecular weight is 294 g/mol. The van der Waals surface area contributed by atoms with Crippen LogP contribution in [0.3, 0.4) is 0 Å². The number of nitrogens with zero attached hydrogens (tertiary/aromatic N) is 2. The number of carbonyl (C=O) groups is 1. The second-order valence-electron chi connectivity index (χ2n) is 3.75. The molecule has 0 saturated carbocycles. The Morgan fingerprint density at radius 3 is 2.60 bits per heavy atom.